The number of fused-ring (bicyclic) bond motifs is 1. The van der Waals surface area contributed by atoms with E-state index in [1.165, 1.54) is 6.21 Å². The van der Waals surface area contributed by atoms with Gasteiger partial charge in [0.25, 0.3) is 0 Å². The number of carbonyl (C=O) groups is 3. The van der Waals surface area contributed by atoms with Gasteiger partial charge in [-0.15, -0.1) is 0 Å². The Hall–Kier alpha value is -4.78. The molecule has 0 heterocycles. The summed E-state index contributed by atoms with van der Waals surface area (Å²) in [5, 5.41) is 8.19. The minimum absolute atomic E-state index is 0.375. The molecule has 0 aliphatic carbocycles. The summed E-state index contributed by atoms with van der Waals surface area (Å²) < 4.78 is 5.31. The van der Waals surface area contributed by atoms with Crippen LogP contribution in [0.3, 0.4) is 0 Å². The van der Waals surface area contributed by atoms with Gasteiger partial charge in [-0.3, -0.25) is 9.59 Å². The molecule has 7 heteroatoms. The first-order valence-corrected chi connectivity index (χ1v) is 10.1. The van der Waals surface area contributed by atoms with Crippen LogP contribution in [0.25, 0.3) is 10.8 Å². The van der Waals surface area contributed by atoms with Crippen LogP contribution >= 0.6 is 0 Å². The number of hydrogen-bond donors (Lipinski definition) is 2. The number of amides is 2. The van der Waals surface area contributed by atoms with E-state index in [0.717, 1.165) is 10.8 Å². The fraction of sp³-hybridized carbons (Fsp3) is 0. The van der Waals surface area contributed by atoms with Crippen molar-refractivity contribution in [2.45, 2.75) is 0 Å². The summed E-state index contributed by atoms with van der Waals surface area (Å²) in [5.41, 5.74) is 3.83. The van der Waals surface area contributed by atoms with E-state index in [2.05, 4.69) is 15.8 Å². The molecule has 0 spiro atoms. The maximum atomic E-state index is 12.2. The highest BCUT2D eigenvalue weighted by atomic mass is 16.5. The minimum atomic E-state index is -0.896. The standard InChI is InChI=1S/C26H19N3O4/c30-24(28-23-12-6-10-19-7-4-5-11-22(19)23)25(31)29-27-17-18-13-15-21(16-14-18)33-26(32)20-8-2-1-3-9-20/h1-17H,(H,28,30)(H,29,31)/b27-17+. The quantitative estimate of drug-likeness (QED) is 0.161. The van der Waals surface area contributed by atoms with Crippen molar-refractivity contribution in [2.24, 2.45) is 5.10 Å². The first kappa shape index (κ1) is 21.5. The van der Waals surface area contributed by atoms with Crippen molar-refractivity contribution in [3.8, 4) is 5.75 Å². The fourth-order valence-electron chi connectivity index (χ4n) is 3.09. The Morgan fingerprint density at radius 2 is 1.42 bits per heavy atom. The molecule has 0 unspecified atom stereocenters. The summed E-state index contributed by atoms with van der Waals surface area (Å²) in [6.07, 6.45) is 1.38. The average molecular weight is 437 g/mol. The second-order valence-corrected chi connectivity index (χ2v) is 7.00. The molecule has 0 atom stereocenters. The van der Waals surface area contributed by atoms with Crippen molar-refractivity contribution in [3.05, 3.63) is 108 Å². The molecule has 162 valence electrons. The van der Waals surface area contributed by atoms with Gasteiger partial charge in [0, 0.05) is 11.1 Å². The van der Waals surface area contributed by atoms with Gasteiger partial charge < -0.3 is 10.1 Å². The highest BCUT2D eigenvalue weighted by molar-refractivity contribution is 6.40. The zero-order valence-corrected chi connectivity index (χ0v) is 17.4. The fourth-order valence-corrected chi connectivity index (χ4v) is 3.09. The van der Waals surface area contributed by atoms with E-state index >= 15 is 0 Å². The third kappa shape index (κ3) is 5.48. The molecule has 0 saturated carbocycles. The van der Waals surface area contributed by atoms with Crippen molar-refractivity contribution >= 4 is 40.5 Å². The van der Waals surface area contributed by atoms with Crippen LogP contribution in [0.2, 0.25) is 0 Å². The number of rotatable bonds is 5. The highest BCUT2D eigenvalue weighted by Gasteiger charge is 2.14. The monoisotopic (exact) mass is 437 g/mol. The topological polar surface area (TPSA) is 96.9 Å². The van der Waals surface area contributed by atoms with Crippen molar-refractivity contribution in [1.29, 1.82) is 0 Å². The summed E-state index contributed by atoms with van der Waals surface area (Å²) in [6.45, 7) is 0. The van der Waals surface area contributed by atoms with Crippen LogP contribution < -0.4 is 15.5 Å². The molecular formula is C26H19N3O4. The zero-order valence-electron chi connectivity index (χ0n) is 17.4. The van der Waals surface area contributed by atoms with E-state index < -0.39 is 17.8 Å². The Labute approximate surface area is 189 Å². The van der Waals surface area contributed by atoms with Crippen molar-refractivity contribution in [1.82, 2.24) is 5.43 Å². The summed E-state index contributed by atoms with van der Waals surface area (Å²) in [5.74, 6) is -1.81. The second kappa shape index (κ2) is 10.0. The Balaban J connectivity index is 1.31. The number of nitrogens with zero attached hydrogens (tertiary/aromatic N) is 1. The van der Waals surface area contributed by atoms with Gasteiger partial charge in [0.1, 0.15) is 5.75 Å². The third-order valence-corrected chi connectivity index (χ3v) is 4.72. The minimum Gasteiger partial charge on any atom is -0.423 e. The van der Waals surface area contributed by atoms with Crippen LogP contribution in [0.5, 0.6) is 5.75 Å². The van der Waals surface area contributed by atoms with E-state index in [-0.39, 0.29) is 0 Å². The van der Waals surface area contributed by atoms with Gasteiger partial charge in [0.05, 0.1) is 11.8 Å². The molecular weight excluding hydrogens is 418 g/mol. The first-order valence-electron chi connectivity index (χ1n) is 10.1. The Kier molecular flexibility index (Phi) is 6.51. The lowest BCUT2D eigenvalue weighted by atomic mass is 10.1. The van der Waals surface area contributed by atoms with E-state index in [9.17, 15) is 14.4 Å². The zero-order chi connectivity index (χ0) is 23.0. The van der Waals surface area contributed by atoms with Gasteiger partial charge >= 0.3 is 17.8 Å². The van der Waals surface area contributed by atoms with Gasteiger partial charge in [-0.2, -0.15) is 5.10 Å². The molecule has 0 fully saturated rings. The smallest absolute Gasteiger partial charge is 0.343 e. The number of ether oxygens (including phenoxy) is 1. The molecule has 4 aromatic rings. The number of benzene rings is 4. The van der Waals surface area contributed by atoms with Crippen molar-refractivity contribution in [3.63, 3.8) is 0 Å². The molecule has 4 rings (SSSR count). The predicted molar refractivity (Wildman–Crippen MR) is 126 cm³/mol. The molecule has 7 nitrogen and oxygen atoms in total. The molecule has 0 radical (unpaired) electrons. The predicted octanol–water partition coefficient (Wildman–Crippen LogP) is 4.15. The lowest BCUT2D eigenvalue weighted by Gasteiger charge is -2.07. The maximum absolute atomic E-state index is 12.2. The molecule has 4 aromatic carbocycles. The second-order valence-electron chi connectivity index (χ2n) is 7.00. The summed E-state index contributed by atoms with van der Waals surface area (Å²) >= 11 is 0. The van der Waals surface area contributed by atoms with Crippen LogP contribution in [-0.2, 0) is 9.59 Å². The number of hydrogen-bond acceptors (Lipinski definition) is 5. The van der Waals surface area contributed by atoms with Crippen LogP contribution in [0, 0.1) is 0 Å². The number of nitrogens with one attached hydrogen (secondary N) is 2. The molecule has 2 amide bonds. The van der Waals surface area contributed by atoms with E-state index in [0.29, 0.717) is 22.6 Å². The van der Waals surface area contributed by atoms with Gasteiger partial charge in [-0.25, -0.2) is 10.2 Å². The molecule has 0 saturated heterocycles. The van der Waals surface area contributed by atoms with E-state index in [1.54, 1.807) is 60.7 Å². The summed E-state index contributed by atoms with van der Waals surface area (Å²) in [4.78, 5) is 36.4. The molecule has 0 aromatic heterocycles. The number of hydrazone groups is 1. The van der Waals surface area contributed by atoms with Crippen molar-refractivity contribution in [2.75, 3.05) is 5.32 Å². The lowest BCUT2D eigenvalue weighted by Crippen LogP contribution is -2.32. The maximum Gasteiger partial charge on any atom is 0.343 e. The van der Waals surface area contributed by atoms with E-state index in [4.69, 9.17) is 4.74 Å². The number of anilines is 1. The van der Waals surface area contributed by atoms with Gasteiger partial charge in [0.2, 0.25) is 0 Å². The molecule has 33 heavy (non-hydrogen) atoms. The highest BCUT2D eigenvalue weighted by Crippen LogP contribution is 2.22. The molecule has 0 bridgehead atoms. The third-order valence-electron chi connectivity index (χ3n) is 4.72. The first-order chi connectivity index (χ1) is 16.1. The molecule has 0 aliphatic rings. The number of esters is 1. The van der Waals surface area contributed by atoms with Crippen LogP contribution in [-0.4, -0.2) is 24.0 Å². The largest absolute Gasteiger partial charge is 0.423 e. The molecule has 0 aliphatic heterocycles. The van der Waals surface area contributed by atoms with Crippen LogP contribution in [0.4, 0.5) is 5.69 Å². The average Bonchev–Trinajstić information content (AvgIpc) is 2.85. The summed E-state index contributed by atoms with van der Waals surface area (Å²) in [6, 6.07) is 28.2. The normalized spacial score (nSPS) is 10.7. The molecule has 2 N–H and O–H groups in total. The van der Waals surface area contributed by atoms with Gasteiger partial charge in [-0.05, 0) is 53.4 Å². The van der Waals surface area contributed by atoms with Crippen LogP contribution in [0.1, 0.15) is 15.9 Å². The van der Waals surface area contributed by atoms with Gasteiger partial charge in [0.15, 0.2) is 0 Å². The summed E-state index contributed by atoms with van der Waals surface area (Å²) in [7, 11) is 0. The Morgan fingerprint density at radius 1 is 0.727 bits per heavy atom. The number of carbonyl (C=O) groups excluding carboxylic acids is 3. The SMILES string of the molecule is O=C(N/N=C/c1ccc(OC(=O)c2ccccc2)cc1)C(=O)Nc1cccc2ccccc12. The van der Waals surface area contributed by atoms with E-state index in [1.807, 2.05) is 36.4 Å². The van der Waals surface area contributed by atoms with Crippen LogP contribution in [0.15, 0.2) is 102 Å². The van der Waals surface area contributed by atoms with Gasteiger partial charge in [-0.1, -0.05) is 54.6 Å². The Bertz CT molecular complexity index is 1330. The van der Waals surface area contributed by atoms with Crippen molar-refractivity contribution < 1.29 is 19.1 Å². The Morgan fingerprint density at radius 3 is 2.21 bits per heavy atom. The lowest BCUT2D eigenvalue weighted by molar-refractivity contribution is -0.136.